The number of rotatable bonds is 3. The van der Waals surface area contributed by atoms with Gasteiger partial charge in [-0.3, -0.25) is 4.79 Å². The summed E-state index contributed by atoms with van der Waals surface area (Å²) >= 11 is 6.04. The Labute approximate surface area is 104 Å². The summed E-state index contributed by atoms with van der Waals surface area (Å²) in [5.41, 5.74) is 2.23. The second-order valence-electron chi connectivity index (χ2n) is 3.58. The number of carboxylic acids is 1. The summed E-state index contributed by atoms with van der Waals surface area (Å²) in [5.74, 6) is -0.916. The van der Waals surface area contributed by atoms with Crippen molar-refractivity contribution in [3.05, 3.63) is 53.3 Å². The molecule has 1 aromatic heterocycles. The maximum atomic E-state index is 10.6. The van der Waals surface area contributed by atoms with E-state index >= 15 is 0 Å². The second kappa shape index (κ2) is 4.97. The molecule has 0 atom stereocenters. The average molecular weight is 248 g/mol. The Kier molecular flexibility index (Phi) is 3.40. The van der Waals surface area contributed by atoms with Crippen LogP contribution in [0.5, 0.6) is 0 Å². The lowest BCUT2D eigenvalue weighted by Crippen LogP contribution is -2.02. The molecule has 4 heteroatoms. The first-order chi connectivity index (χ1) is 8.16. The molecular weight excluding hydrogens is 238 g/mol. The van der Waals surface area contributed by atoms with E-state index in [-0.39, 0.29) is 6.42 Å². The van der Waals surface area contributed by atoms with E-state index in [2.05, 4.69) is 4.98 Å². The monoisotopic (exact) mass is 247 g/mol. The Balaban J connectivity index is 2.35. The van der Waals surface area contributed by atoms with Crippen LogP contribution < -0.4 is 0 Å². The smallest absolute Gasteiger partial charge is 0.309 e. The van der Waals surface area contributed by atoms with E-state index in [1.54, 1.807) is 12.1 Å². The Morgan fingerprint density at radius 3 is 2.47 bits per heavy atom. The van der Waals surface area contributed by atoms with E-state index in [9.17, 15) is 4.79 Å². The number of hydrogen-bond donors (Lipinski definition) is 1. The highest BCUT2D eigenvalue weighted by molar-refractivity contribution is 6.32. The van der Waals surface area contributed by atoms with E-state index in [0.717, 1.165) is 11.1 Å². The number of halogens is 1. The van der Waals surface area contributed by atoms with Crippen LogP contribution in [0, 0.1) is 0 Å². The molecular formula is C13H10ClNO2. The number of hydrogen-bond acceptors (Lipinski definition) is 2. The van der Waals surface area contributed by atoms with Gasteiger partial charge in [0, 0.05) is 5.56 Å². The van der Waals surface area contributed by atoms with Crippen molar-refractivity contribution in [2.75, 3.05) is 0 Å². The maximum absolute atomic E-state index is 10.6. The number of benzene rings is 1. The highest BCUT2D eigenvalue weighted by atomic mass is 35.5. The van der Waals surface area contributed by atoms with Gasteiger partial charge in [-0.2, -0.15) is 0 Å². The molecule has 0 radical (unpaired) electrons. The fourth-order valence-corrected chi connectivity index (χ4v) is 1.84. The Hall–Kier alpha value is -1.87. The molecule has 3 nitrogen and oxygen atoms in total. The molecule has 0 spiro atoms. The van der Waals surface area contributed by atoms with E-state index in [1.807, 2.05) is 30.3 Å². The Morgan fingerprint density at radius 1 is 1.18 bits per heavy atom. The molecule has 2 aromatic rings. The standard InChI is InChI=1S/C13H10ClNO2/c14-13-11(9-4-2-1-3-5-9)7-6-10(15-13)8-12(16)17/h1-7H,8H2,(H,16,17). The lowest BCUT2D eigenvalue weighted by Gasteiger charge is -2.05. The van der Waals surface area contributed by atoms with Crippen LogP contribution >= 0.6 is 11.6 Å². The van der Waals surface area contributed by atoms with Gasteiger partial charge in [-0.05, 0) is 17.7 Å². The third kappa shape index (κ3) is 2.82. The maximum Gasteiger partial charge on any atom is 0.309 e. The van der Waals surface area contributed by atoms with Gasteiger partial charge in [-0.25, -0.2) is 4.98 Å². The van der Waals surface area contributed by atoms with Crippen LogP contribution in [0.15, 0.2) is 42.5 Å². The molecule has 0 aliphatic heterocycles. The Bertz CT molecular complexity index is 540. The van der Waals surface area contributed by atoms with Crippen molar-refractivity contribution in [3.63, 3.8) is 0 Å². The molecule has 0 amide bonds. The van der Waals surface area contributed by atoms with Crippen molar-refractivity contribution in [1.29, 1.82) is 0 Å². The van der Waals surface area contributed by atoms with Crippen molar-refractivity contribution >= 4 is 17.6 Å². The van der Waals surface area contributed by atoms with E-state index < -0.39 is 5.97 Å². The fourth-order valence-electron chi connectivity index (χ4n) is 1.56. The first-order valence-corrected chi connectivity index (χ1v) is 5.47. The lowest BCUT2D eigenvalue weighted by atomic mass is 10.1. The summed E-state index contributed by atoms with van der Waals surface area (Å²) in [6, 6.07) is 13.1. The predicted octanol–water partition coefficient (Wildman–Crippen LogP) is 3.03. The molecule has 0 aliphatic rings. The van der Waals surface area contributed by atoms with Crippen LogP contribution in [0.1, 0.15) is 5.69 Å². The van der Waals surface area contributed by atoms with Gasteiger partial charge < -0.3 is 5.11 Å². The molecule has 0 saturated carbocycles. The molecule has 1 aromatic carbocycles. The molecule has 86 valence electrons. The molecule has 17 heavy (non-hydrogen) atoms. The van der Waals surface area contributed by atoms with Crippen LogP contribution in [0.25, 0.3) is 11.1 Å². The van der Waals surface area contributed by atoms with Crippen molar-refractivity contribution in [2.45, 2.75) is 6.42 Å². The fraction of sp³-hybridized carbons (Fsp3) is 0.0769. The van der Waals surface area contributed by atoms with Gasteiger partial charge in [0.2, 0.25) is 0 Å². The minimum atomic E-state index is -0.916. The zero-order valence-corrected chi connectivity index (χ0v) is 9.69. The van der Waals surface area contributed by atoms with E-state index in [0.29, 0.717) is 10.8 Å². The number of carbonyl (C=O) groups is 1. The zero-order valence-electron chi connectivity index (χ0n) is 8.93. The minimum Gasteiger partial charge on any atom is -0.481 e. The summed E-state index contributed by atoms with van der Waals surface area (Å²) < 4.78 is 0. The largest absolute Gasteiger partial charge is 0.481 e. The second-order valence-corrected chi connectivity index (χ2v) is 3.94. The van der Waals surface area contributed by atoms with Crippen molar-refractivity contribution in [3.8, 4) is 11.1 Å². The van der Waals surface area contributed by atoms with Crippen molar-refractivity contribution in [2.24, 2.45) is 0 Å². The molecule has 1 heterocycles. The number of nitrogens with zero attached hydrogens (tertiary/aromatic N) is 1. The first kappa shape index (κ1) is 11.6. The van der Waals surface area contributed by atoms with Crippen LogP contribution in [0.2, 0.25) is 5.15 Å². The van der Waals surface area contributed by atoms with Crippen LogP contribution in [-0.4, -0.2) is 16.1 Å². The predicted molar refractivity (Wildman–Crippen MR) is 66.0 cm³/mol. The zero-order chi connectivity index (χ0) is 12.3. The topological polar surface area (TPSA) is 50.2 Å². The molecule has 0 bridgehead atoms. The SMILES string of the molecule is O=C(O)Cc1ccc(-c2ccccc2)c(Cl)n1. The summed E-state index contributed by atoms with van der Waals surface area (Å²) in [7, 11) is 0. The van der Waals surface area contributed by atoms with E-state index in [1.165, 1.54) is 0 Å². The third-order valence-corrected chi connectivity index (χ3v) is 2.61. The average Bonchev–Trinajstić information content (AvgIpc) is 2.29. The number of pyridine rings is 1. The van der Waals surface area contributed by atoms with Gasteiger partial charge in [0.1, 0.15) is 5.15 Å². The van der Waals surface area contributed by atoms with Gasteiger partial charge in [0.25, 0.3) is 0 Å². The van der Waals surface area contributed by atoms with Crippen LogP contribution in [-0.2, 0) is 11.2 Å². The quantitative estimate of drug-likeness (QED) is 0.849. The van der Waals surface area contributed by atoms with Gasteiger partial charge in [0.15, 0.2) is 0 Å². The molecule has 0 aliphatic carbocycles. The van der Waals surface area contributed by atoms with Gasteiger partial charge in [0.05, 0.1) is 12.1 Å². The summed E-state index contributed by atoms with van der Waals surface area (Å²) in [5, 5.41) is 8.99. The number of aromatic nitrogens is 1. The number of aliphatic carboxylic acids is 1. The molecule has 0 unspecified atom stereocenters. The summed E-state index contributed by atoms with van der Waals surface area (Å²) in [6.45, 7) is 0. The Morgan fingerprint density at radius 2 is 1.88 bits per heavy atom. The van der Waals surface area contributed by atoms with E-state index in [4.69, 9.17) is 16.7 Å². The summed E-state index contributed by atoms with van der Waals surface area (Å²) in [4.78, 5) is 14.6. The summed E-state index contributed by atoms with van der Waals surface area (Å²) in [6.07, 6.45) is -0.116. The van der Waals surface area contributed by atoms with Crippen molar-refractivity contribution < 1.29 is 9.90 Å². The molecule has 0 saturated heterocycles. The van der Waals surface area contributed by atoms with Crippen LogP contribution in [0.4, 0.5) is 0 Å². The number of carboxylic acid groups (broad SMARTS) is 1. The van der Waals surface area contributed by atoms with Gasteiger partial charge in [-0.15, -0.1) is 0 Å². The molecule has 1 N–H and O–H groups in total. The highest BCUT2D eigenvalue weighted by Crippen LogP contribution is 2.26. The van der Waals surface area contributed by atoms with Crippen molar-refractivity contribution in [1.82, 2.24) is 4.98 Å². The lowest BCUT2D eigenvalue weighted by molar-refractivity contribution is -0.136. The van der Waals surface area contributed by atoms with Gasteiger partial charge >= 0.3 is 5.97 Å². The molecule has 0 fully saturated rings. The normalized spacial score (nSPS) is 10.2. The van der Waals surface area contributed by atoms with Gasteiger partial charge in [-0.1, -0.05) is 41.9 Å². The molecule has 2 rings (SSSR count). The first-order valence-electron chi connectivity index (χ1n) is 5.09. The third-order valence-electron chi connectivity index (χ3n) is 2.32. The highest BCUT2D eigenvalue weighted by Gasteiger charge is 2.07. The minimum absolute atomic E-state index is 0.116. The van der Waals surface area contributed by atoms with Crippen LogP contribution in [0.3, 0.4) is 0 Å².